The highest BCUT2D eigenvalue weighted by Gasteiger charge is 2.24. The van der Waals surface area contributed by atoms with Gasteiger partial charge in [-0.1, -0.05) is 121 Å². The van der Waals surface area contributed by atoms with Gasteiger partial charge in [0.25, 0.3) is 0 Å². The third-order valence-electron chi connectivity index (χ3n) is 10.4. The summed E-state index contributed by atoms with van der Waals surface area (Å²) >= 11 is 0. The van der Waals surface area contributed by atoms with Crippen molar-refractivity contribution in [3.8, 4) is 11.1 Å². The molecule has 2 aromatic heterocycles. The Balaban J connectivity index is 1.22. The van der Waals surface area contributed by atoms with E-state index < -0.39 is 0 Å². The number of fused-ring (bicyclic) bond motifs is 10. The summed E-state index contributed by atoms with van der Waals surface area (Å²) in [6.07, 6.45) is 0. The Bertz CT molecular complexity index is 3160. The van der Waals surface area contributed by atoms with Crippen LogP contribution in [0.1, 0.15) is 0 Å². The Hall–Kier alpha value is -6.84. The number of benzene rings is 9. The summed E-state index contributed by atoms with van der Waals surface area (Å²) in [6, 6.07) is 62.6. The third kappa shape index (κ3) is 4.25. The highest BCUT2D eigenvalue weighted by Crippen LogP contribution is 2.48. The Morgan fingerprint density at radius 3 is 1.80 bits per heavy atom. The van der Waals surface area contributed by atoms with Crippen molar-refractivity contribution in [3.63, 3.8) is 0 Å². The van der Waals surface area contributed by atoms with Gasteiger partial charge in [0, 0.05) is 33.1 Å². The van der Waals surface area contributed by atoms with Crippen molar-refractivity contribution in [2.75, 3.05) is 4.90 Å². The lowest BCUT2D eigenvalue weighted by molar-refractivity contribution is 0.669. The second kappa shape index (κ2) is 10.8. The van der Waals surface area contributed by atoms with Crippen molar-refractivity contribution in [2.45, 2.75) is 0 Å². The zero-order valence-electron chi connectivity index (χ0n) is 27.5. The molecule has 238 valence electrons. The molecule has 9 aromatic carbocycles. The molecule has 0 radical (unpaired) electrons. The van der Waals surface area contributed by atoms with E-state index in [1.54, 1.807) is 0 Å². The van der Waals surface area contributed by atoms with Crippen LogP contribution in [-0.4, -0.2) is 0 Å². The first-order chi connectivity index (χ1) is 25.3. The minimum atomic E-state index is 0.864. The molecule has 0 saturated carbocycles. The van der Waals surface area contributed by atoms with Gasteiger partial charge < -0.3 is 13.7 Å². The fourth-order valence-electron chi connectivity index (χ4n) is 8.09. The van der Waals surface area contributed by atoms with Crippen molar-refractivity contribution >= 4 is 93.3 Å². The van der Waals surface area contributed by atoms with E-state index in [1.807, 2.05) is 18.2 Å². The molecule has 2 heterocycles. The van der Waals surface area contributed by atoms with Crippen LogP contribution < -0.4 is 4.90 Å². The van der Waals surface area contributed by atoms with Gasteiger partial charge >= 0.3 is 0 Å². The fourth-order valence-corrected chi connectivity index (χ4v) is 8.09. The molecular formula is C48H29NO2. The van der Waals surface area contributed by atoms with Crippen LogP contribution in [0.2, 0.25) is 0 Å². The van der Waals surface area contributed by atoms with Gasteiger partial charge in [0.2, 0.25) is 0 Å². The number of furan rings is 2. The lowest BCUT2D eigenvalue weighted by atomic mass is 9.95. The van der Waals surface area contributed by atoms with E-state index in [1.165, 1.54) is 32.3 Å². The van der Waals surface area contributed by atoms with Crippen LogP contribution in [0.25, 0.3) is 87.3 Å². The van der Waals surface area contributed by atoms with E-state index in [0.717, 1.165) is 72.1 Å². The number of hydrogen-bond acceptors (Lipinski definition) is 3. The topological polar surface area (TPSA) is 29.5 Å². The predicted molar refractivity (Wildman–Crippen MR) is 214 cm³/mol. The molecule has 0 unspecified atom stereocenters. The summed E-state index contributed by atoms with van der Waals surface area (Å²) in [5, 5.41) is 11.7. The molecule has 11 aromatic rings. The molecule has 3 nitrogen and oxygen atoms in total. The quantitative estimate of drug-likeness (QED) is 0.177. The Morgan fingerprint density at radius 2 is 0.941 bits per heavy atom. The van der Waals surface area contributed by atoms with Crippen LogP contribution in [0.3, 0.4) is 0 Å². The molecule has 0 bridgehead atoms. The lowest BCUT2D eigenvalue weighted by Crippen LogP contribution is -2.10. The van der Waals surface area contributed by atoms with E-state index in [2.05, 4.69) is 163 Å². The lowest BCUT2D eigenvalue weighted by Gasteiger charge is -2.27. The van der Waals surface area contributed by atoms with Crippen LogP contribution in [-0.2, 0) is 0 Å². The molecule has 0 N–H and O–H groups in total. The largest absolute Gasteiger partial charge is 0.456 e. The van der Waals surface area contributed by atoms with Gasteiger partial charge in [-0.05, 0) is 92.5 Å². The smallest absolute Gasteiger partial charge is 0.145 e. The first kappa shape index (κ1) is 28.0. The number of hydrogen-bond donors (Lipinski definition) is 0. The van der Waals surface area contributed by atoms with Crippen molar-refractivity contribution in [2.24, 2.45) is 0 Å². The van der Waals surface area contributed by atoms with E-state index in [9.17, 15) is 0 Å². The molecule has 0 fully saturated rings. The highest BCUT2D eigenvalue weighted by molar-refractivity contribution is 6.19. The second-order valence-corrected chi connectivity index (χ2v) is 13.3. The van der Waals surface area contributed by atoms with Gasteiger partial charge in [-0.2, -0.15) is 0 Å². The van der Waals surface area contributed by atoms with Crippen molar-refractivity contribution in [3.05, 3.63) is 176 Å². The minimum absolute atomic E-state index is 0.864. The van der Waals surface area contributed by atoms with Crippen molar-refractivity contribution in [1.82, 2.24) is 0 Å². The Labute approximate surface area is 293 Å². The molecule has 0 saturated heterocycles. The third-order valence-corrected chi connectivity index (χ3v) is 10.4. The summed E-state index contributed by atoms with van der Waals surface area (Å²) in [5.74, 6) is 0. The molecular weight excluding hydrogens is 623 g/mol. The first-order valence-corrected chi connectivity index (χ1v) is 17.3. The summed E-state index contributed by atoms with van der Waals surface area (Å²) < 4.78 is 13.1. The van der Waals surface area contributed by atoms with Crippen molar-refractivity contribution < 1.29 is 8.83 Å². The molecule has 0 aliphatic rings. The van der Waals surface area contributed by atoms with Gasteiger partial charge in [-0.25, -0.2) is 0 Å². The highest BCUT2D eigenvalue weighted by atomic mass is 16.3. The van der Waals surface area contributed by atoms with Crippen molar-refractivity contribution in [1.29, 1.82) is 0 Å². The van der Waals surface area contributed by atoms with E-state index >= 15 is 0 Å². The fraction of sp³-hybridized carbons (Fsp3) is 0. The van der Waals surface area contributed by atoms with E-state index in [0.29, 0.717) is 0 Å². The number of anilines is 3. The van der Waals surface area contributed by atoms with E-state index in [-0.39, 0.29) is 0 Å². The minimum Gasteiger partial charge on any atom is -0.456 e. The SMILES string of the molecule is c1ccc2c(-c3ccc(N(c4ccc5c(ccc6ccccc65)c4)c4ccc5oc6ccccc6c5c4)c4c3oc3ccccc34)cccc2c1. The van der Waals surface area contributed by atoms with Gasteiger partial charge in [-0.3, -0.25) is 0 Å². The van der Waals surface area contributed by atoms with Crippen LogP contribution in [0.15, 0.2) is 185 Å². The number of rotatable bonds is 4. The normalized spacial score (nSPS) is 11.9. The average molecular weight is 652 g/mol. The molecule has 51 heavy (non-hydrogen) atoms. The van der Waals surface area contributed by atoms with Crippen LogP contribution >= 0.6 is 0 Å². The molecule has 11 rings (SSSR count). The standard InChI is InChI=1S/C48H29NO2/c1-4-14-36-30(10-1)12-9-17-38(36)40-25-26-43(47-41-16-6-8-19-45(41)51-48(40)47)49(34-23-27-46-42(29-34)39-15-5-7-18-44(39)50-46)33-22-24-37-32(28-33)21-20-31-11-2-3-13-35(31)37/h1-29H. The van der Waals surface area contributed by atoms with E-state index in [4.69, 9.17) is 8.83 Å². The summed E-state index contributed by atoms with van der Waals surface area (Å²) in [5.41, 5.74) is 8.87. The predicted octanol–water partition coefficient (Wildman–Crippen LogP) is 14.1. The molecule has 0 amide bonds. The van der Waals surface area contributed by atoms with Crippen LogP contribution in [0.4, 0.5) is 17.1 Å². The second-order valence-electron chi connectivity index (χ2n) is 13.3. The maximum atomic E-state index is 6.84. The monoisotopic (exact) mass is 651 g/mol. The van der Waals surface area contributed by atoms with Gasteiger partial charge in [0.1, 0.15) is 22.3 Å². The maximum Gasteiger partial charge on any atom is 0.145 e. The van der Waals surface area contributed by atoms with Gasteiger partial charge in [-0.15, -0.1) is 0 Å². The molecule has 0 atom stereocenters. The first-order valence-electron chi connectivity index (χ1n) is 17.3. The molecule has 0 aliphatic heterocycles. The zero-order valence-corrected chi connectivity index (χ0v) is 27.5. The number of para-hydroxylation sites is 2. The average Bonchev–Trinajstić information content (AvgIpc) is 3.77. The molecule has 0 spiro atoms. The molecule has 3 heteroatoms. The zero-order chi connectivity index (χ0) is 33.5. The van der Waals surface area contributed by atoms with Gasteiger partial charge in [0.15, 0.2) is 0 Å². The van der Waals surface area contributed by atoms with Crippen LogP contribution in [0.5, 0.6) is 0 Å². The maximum absolute atomic E-state index is 6.84. The number of nitrogens with zero attached hydrogens (tertiary/aromatic N) is 1. The summed E-state index contributed by atoms with van der Waals surface area (Å²) in [4.78, 5) is 2.38. The Morgan fingerprint density at radius 1 is 0.333 bits per heavy atom. The summed E-state index contributed by atoms with van der Waals surface area (Å²) in [6.45, 7) is 0. The molecule has 0 aliphatic carbocycles. The van der Waals surface area contributed by atoms with Gasteiger partial charge in [0.05, 0.1) is 11.1 Å². The Kier molecular flexibility index (Phi) is 5.96. The summed E-state index contributed by atoms with van der Waals surface area (Å²) in [7, 11) is 0. The van der Waals surface area contributed by atoms with Crippen LogP contribution in [0, 0.1) is 0 Å².